The molecule has 1 heterocycles. The van der Waals surface area contributed by atoms with Crippen LogP contribution in [-0.4, -0.2) is 18.3 Å². The van der Waals surface area contributed by atoms with Crippen molar-refractivity contribution in [1.29, 1.82) is 0 Å². The van der Waals surface area contributed by atoms with E-state index in [1.807, 2.05) is 18.2 Å². The highest BCUT2D eigenvalue weighted by molar-refractivity contribution is 7.80. The Bertz CT molecular complexity index is 744. The summed E-state index contributed by atoms with van der Waals surface area (Å²) in [5.74, 6) is 2.11. The van der Waals surface area contributed by atoms with Gasteiger partial charge in [-0.05, 0) is 60.5 Å². The number of nitrogens with one attached hydrogen (secondary N) is 2. The molecule has 0 aromatic heterocycles. The maximum absolute atomic E-state index is 5.64. The van der Waals surface area contributed by atoms with E-state index in [1.165, 1.54) is 5.56 Å². The fraction of sp³-hybridized carbons (Fsp3) is 0.350. The van der Waals surface area contributed by atoms with Gasteiger partial charge in [0.05, 0.1) is 6.04 Å². The van der Waals surface area contributed by atoms with Gasteiger partial charge in [0.2, 0.25) is 0 Å². The predicted octanol–water partition coefficient (Wildman–Crippen LogP) is 4.63. The predicted molar refractivity (Wildman–Crippen MR) is 106 cm³/mol. The van der Waals surface area contributed by atoms with Gasteiger partial charge >= 0.3 is 0 Å². The van der Waals surface area contributed by atoms with E-state index in [0.29, 0.717) is 24.2 Å². The molecule has 25 heavy (non-hydrogen) atoms. The van der Waals surface area contributed by atoms with Gasteiger partial charge in [-0.3, -0.25) is 0 Å². The lowest BCUT2D eigenvalue weighted by Crippen LogP contribution is -2.31. The second-order valence-corrected chi connectivity index (χ2v) is 6.91. The van der Waals surface area contributed by atoms with Crippen molar-refractivity contribution in [2.24, 2.45) is 0 Å². The molecule has 1 atom stereocenters. The first-order valence-corrected chi connectivity index (χ1v) is 9.01. The molecule has 2 aromatic rings. The number of rotatable bonds is 4. The first kappa shape index (κ1) is 17.5. The smallest absolute Gasteiger partial charge is 0.171 e. The standard InChI is InChI=1S/C20H24N2O2S/c1-13(2)15-4-7-17(8-5-15)22-20(25)21-14(3)16-6-9-18-19(12-16)24-11-10-23-18/h4-9,12-14H,10-11H2,1-3H3,(H2,21,22,25)/t14-/m1/s1. The molecule has 0 radical (unpaired) electrons. The molecular weight excluding hydrogens is 332 g/mol. The first-order chi connectivity index (χ1) is 12.0. The van der Waals surface area contributed by atoms with Crippen molar-refractivity contribution in [1.82, 2.24) is 5.32 Å². The molecule has 5 heteroatoms. The van der Waals surface area contributed by atoms with Gasteiger partial charge in [0.25, 0.3) is 0 Å². The Balaban J connectivity index is 1.60. The average molecular weight is 356 g/mol. The Morgan fingerprint density at radius 2 is 1.56 bits per heavy atom. The largest absolute Gasteiger partial charge is 0.486 e. The van der Waals surface area contributed by atoms with Crippen molar-refractivity contribution < 1.29 is 9.47 Å². The van der Waals surface area contributed by atoms with Crippen LogP contribution < -0.4 is 20.1 Å². The number of benzene rings is 2. The van der Waals surface area contributed by atoms with E-state index in [4.69, 9.17) is 21.7 Å². The summed E-state index contributed by atoms with van der Waals surface area (Å²) >= 11 is 5.44. The highest BCUT2D eigenvalue weighted by Crippen LogP contribution is 2.32. The lowest BCUT2D eigenvalue weighted by molar-refractivity contribution is 0.171. The van der Waals surface area contributed by atoms with Gasteiger partial charge in [-0.2, -0.15) is 0 Å². The summed E-state index contributed by atoms with van der Waals surface area (Å²) in [7, 11) is 0. The molecule has 0 aliphatic carbocycles. The van der Waals surface area contributed by atoms with E-state index in [1.54, 1.807) is 0 Å². The minimum absolute atomic E-state index is 0.0609. The van der Waals surface area contributed by atoms with Gasteiger partial charge in [0.1, 0.15) is 13.2 Å². The second kappa shape index (κ2) is 7.74. The Hall–Kier alpha value is -2.27. The fourth-order valence-corrected chi connectivity index (χ4v) is 3.02. The van der Waals surface area contributed by atoms with Crippen molar-refractivity contribution in [3.05, 3.63) is 53.6 Å². The normalized spacial score (nSPS) is 14.1. The van der Waals surface area contributed by atoms with Crippen molar-refractivity contribution in [2.45, 2.75) is 32.7 Å². The summed E-state index contributed by atoms with van der Waals surface area (Å²) < 4.78 is 11.2. The molecule has 4 nitrogen and oxygen atoms in total. The quantitative estimate of drug-likeness (QED) is 0.782. The molecule has 132 valence electrons. The van der Waals surface area contributed by atoms with E-state index >= 15 is 0 Å². The average Bonchev–Trinajstić information content (AvgIpc) is 2.61. The van der Waals surface area contributed by atoms with Gasteiger partial charge < -0.3 is 20.1 Å². The summed E-state index contributed by atoms with van der Waals surface area (Å²) in [5.41, 5.74) is 3.40. The van der Waals surface area contributed by atoms with Crippen LogP contribution >= 0.6 is 12.2 Å². The lowest BCUT2D eigenvalue weighted by atomic mass is 10.0. The minimum Gasteiger partial charge on any atom is -0.486 e. The van der Waals surface area contributed by atoms with Crippen LogP contribution in [0.15, 0.2) is 42.5 Å². The molecule has 2 N–H and O–H groups in total. The molecule has 1 aliphatic heterocycles. The molecule has 0 saturated carbocycles. The van der Waals surface area contributed by atoms with Gasteiger partial charge in [-0.1, -0.05) is 32.0 Å². The number of thiocarbonyl (C=S) groups is 1. The Labute approximate surface area is 154 Å². The maximum Gasteiger partial charge on any atom is 0.171 e. The van der Waals surface area contributed by atoms with Crippen LogP contribution in [0.3, 0.4) is 0 Å². The van der Waals surface area contributed by atoms with E-state index in [9.17, 15) is 0 Å². The van der Waals surface area contributed by atoms with E-state index in [-0.39, 0.29) is 6.04 Å². The van der Waals surface area contributed by atoms with Crippen molar-refractivity contribution in [3.63, 3.8) is 0 Å². The molecular formula is C20H24N2O2S. The zero-order valence-electron chi connectivity index (χ0n) is 14.8. The number of fused-ring (bicyclic) bond motifs is 1. The molecule has 0 fully saturated rings. The van der Waals surface area contributed by atoms with Crippen LogP contribution in [0, 0.1) is 0 Å². The summed E-state index contributed by atoms with van der Waals surface area (Å²) in [6, 6.07) is 14.4. The molecule has 0 spiro atoms. The van der Waals surface area contributed by atoms with Crippen molar-refractivity contribution in [2.75, 3.05) is 18.5 Å². The zero-order chi connectivity index (χ0) is 17.8. The molecule has 2 aromatic carbocycles. The van der Waals surface area contributed by atoms with Crippen LogP contribution in [0.1, 0.15) is 43.9 Å². The number of hydrogen-bond acceptors (Lipinski definition) is 3. The summed E-state index contributed by atoms with van der Waals surface area (Å²) in [5, 5.41) is 7.15. The van der Waals surface area contributed by atoms with E-state index < -0.39 is 0 Å². The van der Waals surface area contributed by atoms with Crippen molar-refractivity contribution >= 4 is 23.0 Å². The Morgan fingerprint density at radius 3 is 2.24 bits per heavy atom. The van der Waals surface area contributed by atoms with Crippen LogP contribution in [0.25, 0.3) is 0 Å². The topological polar surface area (TPSA) is 42.5 Å². The third-order valence-electron chi connectivity index (χ3n) is 4.25. The molecule has 3 rings (SSSR count). The zero-order valence-corrected chi connectivity index (χ0v) is 15.7. The minimum atomic E-state index is 0.0609. The second-order valence-electron chi connectivity index (χ2n) is 6.50. The molecule has 0 bridgehead atoms. The highest BCUT2D eigenvalue weighted by Gasteiger charge is 2.15. The number of ether oxygens (including phenoxy) is 2. The van der Waals surface area contributed by atoms with Crippen LogP contribution in [0.5, 0.6) is 11.5 Å². The molecule has 0 amide bonds. The maximum atomic E-state index is 5.64. The third-order valence-corrected chi connectivity index (χ3v) is 4.47. The van der Waals surface area contributed by atoms with Crippen LogP contribution in [-0.2, 0) is 0 Å². The van der Waals surface area contributed by atoms with Gasteiger partial charge in [0, 0.05) is 5.69 Å². The van der Waals surface area contributed by atoms with E-state index in [0.717, 1.165) is 22.7 Å². The van der Waals surface area contributed by atoms with Gasteiger partial charge in [0.15, 0.2) is 16.6 Å². The third kappa shape index (κ3) is 4.42. The van der Waals surface area contributed by atoms with Gasteiger partial charge in [-0.25, -0.2) is 0 Å². The SMILES string of the molecule is CC(C)c1ccc(NC(=S)N[C@H](C)c2ccc3c(c2)OCCO3)cc1. The summed E-state index contributed by atoms with van der Waals surface area (Å²) in [6.45, 7) is 7.63. The van der Waals surface area contributed by atoms with Crippen LogP contribution in [0.4, 0.5) is 5.69 Å². The summed E-state index contributed by atoms with van der Waals surface area (Å²) in [6.07, 6.45) is 0. The summed E-state index contributed by atoms with van der Waals surface area (Å²) in [4.78, 5) is 0. The van der Waals surface area contributed by atoms with Gasteiger partial charge in [-0.15, -0.1) is 0 Å². The first-order valence-electron chi connectivity index (χ1n) is 8.60. The Kier molecular flexibility index (Phi) is 5.43. The highest BCUT2D eigenvalue weighted by atomic mass is 32.1. The monoisotopic (exact) mass is 356 g/mol. The molecule has 1 aliphatic rings. The molecule has 0 saturated heterocycles. The number of hydrogen-bond donors (Lipinski definition) is 2. The lowest BCUT2D eigenvalue weighted by Gasteiger charge is -2.22. The molecule has 0 unspecified atom stereocenters. The Morgan fingerprint density at radius 1 is 0.920 bits per heavy atom. The van der Waals surface area contributed by atoms with Crippen LogP contribution in [0.2, 0.25) is 0 Å². The van der Waals surface area contributed by atoms with Crippen molar-refractivity contribution in [3.8, 4) is 11.5 Å². The fourth-order valence-electron chi connectivity index (χ4n) is 2.73. The number of anilines is 1. The van der Waals surface area contributed by atoms with E-state index in [2.05, 4.69) is 55.7 Å².